The molecule has 0 saturated heterocycles. The summed E-state index contributed by atoms with van der Waals surface area (Å²) in [5.41, 5.74) is 2.73. The standard InChI is InChI=1S/C22H23FN2O2/c23-17-9-7-16(8-10-17)22-25-19-14-18(11-12-20(19)27-22)24-21(26)13-6-15-4-2-1-3-5-15/h7-12,14-15H,1-6,13H2,(H,24,26). The van der Waals surface area contributed by atoms with Crippen LogP contribution in [0.5, 0.6) is 0 Å². The lowest BCUT2D eigenvalue weighted by Crippen LogP contribution is -2.14. The molecule has 1 saturated carbocycles. The Hall–Kier alpha value is -2.69. The molecule has 0 spiro atoms. The smallest absolute Gasteiger partial charge is 0.227 e. The third-order valence-corrected chi connectivity index (χ3v) is 5.27. The maximum Gasteiger partial charge on any atom is 0.227 e. The van der Waals surface area contributed by atoms with Gasteiger partial charge in [0.2, 0.25) is 11.8 Å². The number of aromatic nitrogens is 1. The van der Waals surface area contributed by atoms with Gasteiger partial charge < -0.3 is 9.73 Å². The van der Waals surface area contributed by atoms with Crippen molar-refractivity contribution in [1.29, 1.82) is 0 Å². The average molecular weight is 366 g/mol. The van der Waals surface area contributed by atoms with Crippen molar-refractivity contribution in [3.8, 4) is 11.5 Å². The lowest BCUT2D eigenvalue weighted by molar-refractivity contribution is -0.116. The second-order valence-electron chi connectivity index (χ2n) is 7.30. The molecule has 3 aromatic rings. The second kappa shape index (κ2) is 7.91. The molecule has 4 nitrogen and oxygen atoms in total. The summed E-state index contributed by atoms with van der Waals surface area (Å²) in [6.45, 7) is 0. The molecule has 0 unspecified atom stereocenters. The number of fused-ring (bicyclic) bond motifs is 1. The first-order chi connectivity index (χ1) is 13.2. The van der Waals surface area contributed by atoms with E-state index in [1.165, 1.54) is 44.2 Å². The minimum Gasteiger partial charge on any atom is -0.436 e. The SMILES string of the molecule is O=C(CCC1CCCCC1)Nc1ccc2oc(-c3ccc(F)cc3)nc2c1. The van der Waals surface area contributed by atoms with Gasteiger partial charge in [-0.1, -0.05) is 32.1 Å². The van der Waals surface area contributed by atoms with Gasteiger partial charge in [-0.15, -0.1) is 0 Å². The summed E-state index contributed by atoms with van der Waals surface area (Å²) >= 11 is 0. The Bertz CT molecular complexity index is 927. The molecule has 5 heteroatoms. The van der Waals surface area contributed by atoms with Crippen molar-refractivity contribution in [3.05, 3.63) is 48.3 Å². The fourth-order valence-corrected chi connectivity index (χ4v) is 3.76. The minimum absolute atomic E-state index is 0.0437. The molecule has 4 rings (SSSR count). The van der Waals surface area contributed by atoms with Crippen LogP contribution in [0.1, 0.15) is 44.9 Å². The fourth-order valence-electron chi connectivity index (χ4n) is 3.76. The summed E-state index contributed by atoms with van der Waals surface area (Å²) in [5.74, 6) is 0.877. The Balaban J connectivity index is 1.41. The number of rotatable bonds is 5. The number of hydrogen-bond donors (Lipinski definition) is 1. The van der Waals surface area contributed by atoms with E-state index in [1.54, 1.807) is 18.2 Å². The summed E-state index contributed by atoms with van der Waals surface area (Å²) in [6.07, 6.45) is 7.96. The molecule has 1 fully saturated rings. The van der Waals surface area contributed by atoms with Gasteiger partial charge in [-0.05, 0) is 54.8 Å². The molecular formula is C22H23FN2O2. The van der Waals surface area contributed by atoms with Crippen LogP contribution in [0.15, 0.2) is 46.9 Å². The summed E-state index contributed by atoms with van der Waals surface area (Å²) in [6, 6.07) is 11.4. The Kier molecular flexibility index (Phi) is 5.19. The Morgan fingerprint density at radius 2 is 1.89 bits per heavy atom. The topological polar surface area (TPSA) is 55.1 Å². The number of amides is 1. The van der Waals surface area contributed by atoms with Gasteiger partial charge in [0, 0.05) is 17.7 Å². The molecule has 1 N–H and O–H groups in total. The molecule has 1 amide bonds. The number of nitrogens with zero attached hydrogens (tertiary/aromatic N) is 1. The number of benzene rings is 2. The van der Waals surface area contributed by atoms with E-state index in [9.17, 15) is 9.18 Å². The molecule has 27 heavy (non-hydrogen) atoms. The number of hydrogen-bond acceptors (Lipinski definition) is 3. The van der Waals surface area contributed by atoms with Crippen molar-refractivity contribution in [2.45, 2.75) is 44.9 Å². The average Bonchev–Trinajstić information content (AvgIpc) is 3.11. The van der Waals surface area contributed by atoms with Crippen LogP contribution in [0.25, 0.3) is 22.6 Å². The molecule has 1 heterocycles. The van der Waals surface area contributed by atoms with E-state index >= 15 is 0 Å². The monoisotopic (exact) mass is 366 g/mol. The molecular weight excluding hydrogens is 343 g/mol. The zero-order valence-electron chi connectivity index (χ0n) is 15.2. The van der Waals surface area contributed by atoms with E-state index in [0.29, 0.717) is 34.9 Å². The van der Waals surface area contributed by atoms with Gasteiger partial charge in [0.25, 0.3) is 0 Å². The first kappa shape index (κ1) is 17.7. The van der Waals surface area contributed by atoms with E-state index in [1.807, 2.05) is 12.1 Å². The van der Waals surface area contributed by atoms with Crippen LogP contribution in [-0.2, 0) is 4.79 Å². The summed E-state index contributed by atoms with van der Waals surface area (Å²) in [4.78, 5) is 16.7. The van der Waals surface area contributed by atoms with Crippen molar-refractivity contribution in [2.75, 3.05) is 5.32 Å². The predicted molar refractivity (Wildman–Crippen MR) is 104 cm³/mol. The number of carbonyl (C=O) groups is 1. The van der Waals surface area contributed by atoms with Crippen LogP contribution in [0.3, 0.4) is 0 Å². The Labute approximate surface area is 157 Å². The van der Waals surface area contributed by atoms with Gasteiger partial charge in [0.15, 0.2) is 5.58 Å². The number of anilines is 1. The summed E-state index contributed by atoms with van der Waals surface area (Å²) in [5, 5.41) is 2.96. The van der Waals surface area contributed by atoms with Gasteiger partial charge >= 0.3 is 0 Å². The van der Waals surface area contributed by atoms with Crippen molar-refractivity contribution in [2.24, 2.45) is 5.92 Å². The van der Waals surface area contributed by atoms with Crippen molar-refractivity contribution >= 4 is 22.7 Å². The summed E-state index contributed by atoms with van der Waals surface area (Å²) < 4.78 is 18.8. The quantitative estimate of drug-likeness (QED) is 0.608. The third-order valence-electron chi connectivity index (χ3n) is 5.27. The molecule has 140 valence electrons. The largest absolute Gasteiger partial charge is 0.436 e. The molecule has 0 bridgehead atoms. The molecule has 0 radical (unpaired) electrons. The lowest BCUT2D eigenvalue weighted by Gasteiger charge is -2.20. The molecule has 0 atom stereocenters. The van der Waals surface area contributed by atoms with Gasteiger partial charge in [0.1, 0.15) is 11.3 Å². The van der Waals surface area contributed by atoms with E-state index < -0.39 is 0 Å². The van der Waals surface area contributed by atoms with E-state index in [-0.39, 0.29) is 11.7 Å². The first-order valence-corrected chi connectivity index (χ1v) is 9.64. The van der Waals surface area contributed by atoms with Crippen LogP contribution in [0, 0.1) is 11.7 Å². The zero-order valence-corrected chi connectivity index (χ0v) is 15.2. The van der Waals surface area contributed by atoms with Crippen molar-refractivity contribution < 1.29 is 13.6 Å². The van der Waals surface area contributed by atoms with Gasteiger partial charge in [-0.25, -0.2) is 9.37 Å². The minimum atomic E-state index is -0.298. The van der Waals surface area contributed by atoms with Gasteiger partial charge in [-0.3, -0.25) is 4.79 Å². The highest BCUT2D eigenvalue weighted by Gasteiger charge is 2.15. The highest BCUT2D eigenvalue weighted by Crippen LogP contribution is 2.28. The van der Waals surface area contributed by atoms with Crippen LogP contribution in [0.2, 0.25) is 0 Å². The van der Waals surface area contributed by atoms with Crippen molar-refractivity contribution in [3.63, 3.8) is 0 Å². The van der Waals surface area contributed by atoms with Crippen LogP contribution in [0.4, 0.5) is 10.1 Å². The van der Waals surface area contributed by atoms with Crippen LogP contribution in [-0.4, -0.2) is 10.9 Å². The molecule has 0 aliphatic heterocycles. The number of halogens is 1. The van der Waals surface area contributed by atoms with E-state index in [2.05, 4.69) is 10.3 Å². The van der Waals surface area contributed by atoms with E-state index in [0.717, 1.165) is 12.1 Å². The summed E-state index contributed by atoms with van der Waals surface area (Å²) in [7, 11) is 0. The van der Waals surface area contributed by atoms with Crippen LogP contribution < -0.4 is 5.32 Å². The fraction of sp³-hybridized carbons (Fsp3) is 0.364. The van der Waals surface area contributed by atoms with Crippen LogP contribution >= 0.6 is 0 Å². The third kappa shape index (κ3) is 4.35. The second-order valence-corrected chi connectivity index (χ2v) is 7.30. The predicted octanol–water partition coefficient (Wildman–Crippen LogP) is 5.93. The maximum absolute atomic E-state index is 13.1. The highest BCUT2D eigenvalue weighted by atomic mass is 19.1. The van der Waals surface area contributed by atoms with Gasteiger partial charge in [-0.2, -0.15) is 0 Å². The zero-order chi connectivity index (χ0) is 18.6. The number of nitrogens with one attached hydrogen (secondary N) is 1. The lowest BCUT2D eigenvalue weighted by atomic mass is 9.86. The van der Waals surface area contributed by atoms with Gasteiger partial charge in [0.05, 0.1) is 0 Å². The first-order valence-electron chi connectivity index (χ1n) is 9.64. The molecule has 1 aromatic heterocycles. The highest BCUT2D eigenvalue weighted by molar-refractivity contribution is 5.93. The molecule has 1 aliphatic rings. The number of oxazole rings is 1. The van der Waals surface area contributed by atoms with Crippen molar-refractivity contribution in [1.82, 2.24) is 4.98 Å². The Morgan fingerprint density at radius 3 is 2.67 bits per heavy atom. The van der Waals surface area contributed by atoms with E-state index in [4.69, 9.17) is 4.42 Å². The number of carbonyl (C=O) groups excluding carboxylic acids is 1. The maximum atomic E-state index is 13.1. The Morgan fingerprint density at radius 1 is 1.11 bits per heavy atom. The molecule has 1 aliphatic carbocycles. The normalized spacial score (nSPS) is 15.1. The molecule has 2 aromatic carbocycles.